The molecule has 1 aliphatic heterocycles. The number of fused-ring (bicyclic) bond motifs is 1. The molecular weight excluding hydrogens is 370 g/mol. The first-order valence-electron chi connectivity index (χ1n) is 9.83. The van der Waals surface area contributed by atoms with Crippen LogP contribution in [0.3, 0.4) is 0 Å². The standard InChI is InChI=1S/C23H25NO3S/c1-2-27-18-7-5-6-17(14-18)22(24-12-10-16(11-13-24)23(25)26)20-15-28-21-9-4-3-8-19(20)21/h3-9,14-16,22H,2,10-13H2,1H3,(H,25,26). The van der Waals surface area contributed by atoms with E-state index < -0.39 is 5.97 Å². The smallest absolute Gasteiger partial charge is 0.306 e. The van der Waals surface area contributed by atoms with E-state index in [9.17, 15) is 9.90 Å². The molecule has 2 aromatic carbocycles. The number of thiophene rings is 1. The second kappa shape index (κ2) is 8.33. The summed E-state index contributed by atoms with van der Waals surface area (Å²) in [6.45, 7) is 4.20. The van der Waals surface area contributed by atoms with Crippen molar-refractivity contribution in [2.24, 2.45) is 5.92 Å². The van der Waals surface area contributed by atoms with Crippen LogP contribution in [-0.2, 0) is 4.79 Å². The number of carbonyl (C=O) groups is 1. The Balaban J connectivity index is 1.73. The normalized spacial score (nSPS) is 16.9. The van der Waals surface area contributed by atoms with Crippen LogP contribution in [0.4, 0.5) is 0 Å². The third-order valence-electron chi connectivity index (χ3n) is 5.53. The largest absolute Gasteiger partial charge is 0.494 e. The molecule has 5 heteroatoms. The fraction of sp³-hybridized carbons (Fsp3) is 0.348. The summed E-state index contributed by atoms with van der Waals surface area (Å²) in [5.41, 5.74) is 2.49. The molecule has 146 valence electrons. The molecule has 0 amide bonds. The Morgan fingerprint density at radius 3 is 2.75 bits per heavy atom. The van der Waals surface area contributed by atoms with Crippen molar-refractivity contribution < 1.29 is 14.6 Å². The van der Waals surface area contributed by atoms with Gasteiger partial charge in [-0.15, -0.1) is 11.3 Å². The third-order valence-corrected chi connectivity index (χ3v) is 6.52. The maximum Gasteiger partial charge on any atom is 0.306 e. The highest BCUT2D eigenvalue weighted by Crippen LogP contribution is 2.39. The Morgan fingerprint density at radius 1 is 1.21 bits per heavy atom. The molecule has 1 aromatic heterocycles. The minimum Gasteiger partial charge on any atom is -0.494 e. The van der Waals surface area contributed by atoms with Crippen molar-refractivity contribution in [3.8, 4) is 5.75 Å². The van der Waals surface area contributed by atoms with Crippen molar-refractivity contribution in [1.29, 1.82) is 0 Å². The van der Waals surface area contributed by atoms with Crippen LogP contribution in [0.25, 0.3) is 10.1 Å². The molecule has 1 atom stereocenters. The van der Waals surface area contributed by atoms with E-state index in [0.29, 0.717) is 19.4 Å². The van der Waals surface area contributed by atoms with Crippen molar-refractivity contribution in [1.82, 2.24) is 4.90 Å². The van der Waals surface area contributed by atoms with Crippen LogP contribution in [-0.4, -0.2) is 35.7 Å². The molecule has 4 nitrogen and oxygen atoms in total. The number of aliphatic carboxylic acids is 1. The molecular formula is C23H25NO3S. The highest BCUT2D eigenvalue weighted by Gasteiger charge is 2.31. The van der Waals surface area contributed by atoms with Gasteiger partial charge in [0.25, 0.3) is 0 Å². The quantitative estimate of drug-likeness (QED) is 0.624. The molecule has 3 aromatic rings. The van der Waals surface area contributed by atoms with Gasteiger partial charge in [0, 0.05) is 4.70 Å². The summed E-state index contributed by atoms with van der Waals surface area (Å²) in [5.74, 6) is -0.0219. The predicted octanol–water partition coefficient (Wildman–Crippen LogP) is 5.19. The molecule has 1 aliphatic rings. The molecule has 28 heavy (non-hydrogen) atoms. The van der Waals surface area contributed by atoms with Gasteiger partial charge in [-0.2, -0.15) is 0 Å². The average Bonchev–Trinajstić information content (AvgIpc) is 3.13. The fourth-order valence-electron chi connectivity index (χ4n) is 4.14. The van der Waals surface area contributed by atoms with E-state index in [1.807, 2.05) is 19.1 Å². The van der Waals surface area contributed by atoms with Gasteiger partial charge < -0.3 is 9.84 Å². The molecule has 1 N–H and O–H groups in total. The Kier molecular flexibility index (Phi) is 5.64. The second-order valence-corrected chi connectivity index (χ2v) is 8.15. The van der Waals surface area contributed by atoms with E-state index in [1.54, 1.807) is 11.3 Å². The SMILES string of the molecule is CCOc1cccc(C(c2csc3ccccc23)N2CCC(C(=O)O)CC2)c1. The van der Waals surface area contributed by atoms with Crippen LogP contribution in [0.2, 0.25) is 0 Å². The van der Waals surface area contributed by atoms with Crippen LogP contribution in [0.1, 0.15) is 36.9 Å². The lowest BCUT2D eigenvalue weighted by Crippen LogP contribution is -2.39. The van der Waals surface area contributed by atoms with E-state index in [2.05, 4.69) is 46.7 Å². The number of carboxylic acid groups (broad SMARTS) is 1. The number of carboxylic acids is 1. The van der Waals surface area contributed by atoms with Crippen molar-refractivity contribution in [2.75, 3.05) is 19.7 Å². The van der Waals surface area contributed by atoms with Gasteiger partial charge in [-0.3, -0.25) is 9.69 Å². The molecule has 1 unspecified atom stereocenters. The fourth-order valence-corrected chi connectivity index (χ4v) is 5.12. The highest BCUT2D eigenvalue weighted by atomic mass is 32.1. The summed E-state index contributed by atoms with van der Waals surface area (Å²) in [5, 5.41) is 12.9. The van der Waals surface area contributed by atoms with Gasteiger partial charge in [-0.25, -0.2) is 0 Å². The Morgan fingerprint density at radius 2 is 2.00 bits per heavy atom. The van der Waals surface area contributed by atoms with Crippen molar-refractivity contribution in [3.05, 3.63) is 65.0 Å². The molecule has 0 saturated carbocycles. The topological polar surface area (TPSA) is 49.8 Å². The van der Waals surface area contributed by atoms with Crippen molar-refractivity contribution in [2.45, 2.75) is 25.8 Å². The highest BCUT2D eigenvalue weighted by molar-refractivity contribution is 7.17. The van der Waals surface area contributed by atoms with E-state index in [-0.39, 0.29) is 12.0 Å². The van der Waals surface area contributed by atoms with Crippen LogP contribution < -0.4 is 4.74 Å². The minimum atomic E-state index is -0.671. The average molecular weight is 396 g/mol. The van der Waals surface area contributed by atoms with Crippen LogP contribution >= 0.6 is 11.3 Å². The summed E-state index contributed by atoms with van der Waals surface area (Å²) in [6.07, 6.45) is 1.39. The Hall–Kier alpha value is -2.37. The van der Waals surface area contributed by atoms with E-state index in [1.165, 1.54) is 21.2 Å². The number of likely N-dealkylation sites (tertiary alicyclic amines) is 1. The molecule has 1 fully saturated rings. The zero-order valence-electron chi connectivity index (χ0n) is 16.0. The van der Waals surface area contributed by atoms with Crippen molar-refractivity contribution >= 4 is 27.4 Å². The van der Waals surface area contributed by atoms with Crippen molar-refractivity contribution in [3.63, 3.8) is 0 Å². The first-order valence-corrected chi connectivity index (χ1v) is 10.7. The van der Waals surface area contributed by atoms with Crippen LogP contribution in [0, 0.1) is 5.92 Å². The van der Waals surface area contributed by atoms with Gasteiger partial charge in [-0.05, 0) is 72.9 Å². The number of hydrogen-bond donors (Lipinski definition) is 1. The van der Waals surface area contributed by atoms with E-state index >= 15 is 0 Å². The minimum absolute atomic E-state index is 0.103. The summed E-state index contributed by atoms with van der Waals surface area (Å²) < 4.78 is 7.03. The summed E-state index contributed by atoms with van der Waals surface area (Å²) in [4.78, 5) is 13.8. The predicted molar refractivity (Wildman–Crippen MR) is 113 cm³/mol. The monoisotopic (exact) mass is 395 g/mol. The summed E-state index contributed by atoms with van der Waals surface area (Å²) >= 11 is 1.77. The number of hydrogen-bond acceptors (Lipinski definition) is 4. The lowest BCUT2D eigenvalue weighted by atomic mass is 9.91. The molecule has 0 spiro atoms. The third kappa shape index (κ3) is 3.77. The maximum absolute atomic E-state index is 11.4. The van der Waals surface area contributed by atoms with Gasteiger partial charge in [0.1, 0.15) is 5.75 Å². The number of rotatable bonds is 6. The summed E-state index contributed by atoms with van der Waals surface area (Å²) in [6, 6.07) is 16.9. The number of benzene rings is 2. The van der Waals surface area contributed by atoms with Crippen LogP contribution in [0.15, 0.2) is 53.9 Å². The zero-order chi connectivity index (χ0) is 19.5. The second-order valence-electron chi connectivity index (χ2n) is 7.24. The molecule has 0 aliphatic carbocycles. The first kappa shape index (κ1) is 19.0. The van der Waals surface area contributed by atoms with Gasteiger partial charge >= 0.3 is 5.97 Å². The molecule has 4 rings (SSSR count). The lowest BCUT2D eigenvalue weighted by molar-refractivity contribution is -0.143. The Labute approximate surface area is 169 Å². The zero-order valence-corrected chi connectivity index (χ0v) is 16.8. The van der Waals surface area contributed by atoms with Crippen LogP contribution in [0.5, 0.6) is 5.75 Å². The molecule has 0 radical (unpaired) electrons. The van der Waals surface area contributed by atoms with Gasteiger partial charge in [-0.1, -0.05) is 30.3 Å². The lowest BCUT2D eigenvalue weighted by Gasteiger charge is -2.37. The molecule has 2 heterocycles. The van der Waals surface area contributed by atoms with E-state index in [4.69, 9.17) is 4.74 Å². The Bertz CT molecular complexity index is 959. The number of ether oxygens (including phenoxy) is 1. The number of nitrogens with zero attached hydrogens (tertiary/aromatic N) is 1. The number of piperidine rings is 1. The summed E-state index contributed by atoms with van der Waals surface area (Å²) in [7, 11) is 0. The van der Waals surface area contributed by atoms with Gasteiger partial charge in [0.15, 0.2) is 0 Å². The first-order chi connectivity index (χ1) is 13.7. The van der Waals surface area contributed by atoms with Gasteiger partial charge in [0.05, 0.1) is 18.6 Å². The molecule has 0 bridgehead atoms. The van der Waals surface area contributed by atoms with Gasteiger partial charge in [0.2, 0.25) is 0 Å². The van der Waals surface area contributed by atoms with E-state index in [0.717, 1.165) is 18.8 Å². The maximum atomic E-state index is 11.4. The molecule has 1 saturated heterocycles.